The number of amides is 2. The first-order chi connectivity index (χ1) is 14.2. The van der Waals surface area contributed by atoms with Crippen molar-refractivity contribution in [3.63, 3.8) is 0 Å². The molecular formula is C22H26N2O4S2. The first kappa shape index (κ1) is 22.4. The van der Waals surface area contributed by atoms with Crippen LogP contribution >= 0.6 is 11.8 Å². The highest BCUT2D eigenvalue weighted by atomic mass is 32.2. The molecule has 2 amide bonds. The van der Waals surface area contributed by atoms with Gasteiger partial charge in [0, 0.05) is 17.9 Å². The molecule has 0 atom stereocenters. The van der Waals surface area contributed by atoms with E-state index in [2.05, 4.69) is 5.32 Å². The van der Waals surface area contributed by atoms with Crippen LogP contribution in [0.1, 0.15) is 25.8 Å². The lowest BCUT2D eigenvalue weighted by molar-refractivity contribution is -0.124. The van der Waals surface area contributed by atoms with Gasteiger partial charge >= 0.3 is 0 Å². The Balaban J connectivity index is 1.71. The number of para-hydroxylation sites is 1. The predicted octanol–water partition coefficient (Wildman–Crippen LogP) is 3.06. The summed E-state index contributed by atoms with van der Waals surface area (Å²) >= 11 is 1.67. The molecule has 2 aromatic rings. The summed E-state index contributed by atoms with van der Waals surface area (Å²) in [5.74, 6) is -0.702. The fourth-order valence-electron chi connectivity index (χ4n) is 3.41. The normalized spacial score (nSPS) is 17.2. The summed E-state index contributed by atoms with van der Waals surface area (Å²) in [5, 5.41) is 2.83. The van der Waals surface area contributed by atoms with Gasteiger partial charge in [0.1, 0.15) is 6.54 Å². The lowest BCUT2D eigenvalue weighted by atomic mass is 10.1. The minimum atomic E-state index is -3.71. The average Bonchev–Trinajstić information content (AvgIpc) is 2.76. The summed E-state index contributed by atoms with van der Waals surface area (Å²) in [7, 11) is -3.71. The number of benzene rings is 2. The average molecular weight is 447 g/mol. The van der Waals surface area contributed by atoms with Gasteiger partial charge < -0.3 is 10.2 Å². The molecule has 8 heteroatoms. The van der Waals surface area contributed by atoms with Crippen LogP contribution in [-0.2, 0) is 25.8 Å². The van der Waals surface area contributed by atoms with Crippen LogP contribution in [0.2, 0.25) is 0 Å². The number of thioether (sulfide) groups is 1. The van der Waals surface area contributed by atoms with Gasteiger partial charge in [0.15, 0.2) is 9.84 Å². The second kappa shape index (κ2) is 8.81. The number of anilines is 1. The number of nitrogens with one attached hydrogen (secondary N) is 1. The fourth-order valence-corrected chi connectivity index (χ4v) is 5.43. The second-order valence-electron chi connectivity index (χ2n) is 7.84. The van der Waals surface area contributed by atoms with E-state index in [1.54, 1.807) is 43.8 Å². The lowest BCUT2D eigenvalue weighted by Crippen LogP contribution is -2.42. The Morgan fingerprint density at radius 3 is 2.47 bits per heavy atom. The first-order valence-electron chi connectivity index (χ1n) is 9.69. The van der Waals surface area contributed by atoms with Crippen molar-refractivity contribution in [2.75, 3.05) is 24.2 Å². The molecule has 0 saturated carbocycles. The summed E-state index contributed by atoms with van der Waals surface area (Å²) in [6.07, 6.45) is 2.51. The van der Waals surface area contributed by atoms with Crippen LogP contribution in [0.25, 0.3) is 0 Å². The Hall–Kier alpha value is -2.32. The topological polar surface area (TPSA) is 83.6 Å². The highest BCUT2D eigenvalue weighted by Gasteiger charge is 2.44. The zero-order valence-corrected chi connectivity index (χ0v) is 19.0. The quantitative estimate of drug-likeness (QED) is 0.690. The molecule has 0 saturated heterocycles. The van der Waals surface area contributed by atoms with Crippen molar-refractivity contribution in [3.05, 3.63) is 54.1 Å². The van der Waals surface area contributed by atoms with Crippen LogP contribution in [0.15, 0.2) is 58.3 Å². The van der Waals surface area contributed by atoms with Crippen LogP contribution in [-0.4, -0.2) is 44.3 Å². The van der Waals surface area contributed by atoms with Crippen molar-refractivity contribution in [3.8, 4) is 0 Å². The molecule has 0 unspecified atom stereocenters. The van der Waals surface area contributed by atoms with Crippen molar-refractivity contribution in [2.24, 2.45) is 0 Å². The van der Waals surface area contributed by atoms with Crippen molar-refractivity contribution < 1.29 is 18.0 Å². The van der Waals surface area contributed by atoms with E-state index in [1.807, 2.05) is 30.5 Å². The van der Waals surface area contributed by atoms with E-state index < -0.39 is 14.6 Å². The molecule has 0 radical (unpaired) electrons. The minimum Gasteiger partial charge on any atom is -0.354 e. The molecule has 30 heavy (non-hydrogen) atoms. The summed E-state index contributed by atoms with van der Waals surface area (Å²) in [5.41, 5.74) is 1.37. The molecule has 3 rings (SSSR count). The van der Waals surface area contributed by atoms with E-state index in [9.17, 15) is 18.0 Å². The van der Waals surface area contributed by atoms with E-state index in [-0.39, 0.29) is 35.4 Å². The summed E-state index contributed by atoms with van der Waals surface area (Å²) < 4.78 is 24.8. The lowest BCUT2D eigenvalue weighted by Gasteiger charge is -2.22. The number of nitrogens with zero attached hydrogens (tertiary/aromatic N) is 1. The molecule has 1 aliphatic rings. The summed E-state index contributed by atoms with van der Waals surface area (Å²) in [6, 6.07) is 14.5. The molecule has 2 aromatic carbocycles. The Morgan fingerprint density at radius 1 is 1.13 bits per heavy atom. The number of hydrogen-bond donors (Lipinski definition) is 1. The molecule has 1 N–H and O–H groups in total. The fraction of sp³-hybridized carbons (Fsp3) is 0.364. The molecular weight excluding hydrogens is 420 g/mol. The Kier molecular flexibility index (Phi) is 6.57. The third-order valence-electron chi connectivity index (χ3n) is 5.25. The molecule has 0 aliphatic carbocycles. The molecule has 0 bridgehead atoms. The molecule has 0 aromatic heterocycles. The van der Waals surface area contributed by atoms with Gasteiger partial charge in [0.25, 0.3) is 0 Å². The monoisotopic (exact) mass is 446 g/mol. The zero-order valence-electron chi connectivity index (χ0n) is 17.3. The van der Waals surface area contributed by atoms with Crippen LogP contribution in [0.5, 0.6) is 0 Å². The SMILES string of the molecule is CSc1ccc(CCNC(=O)CN2C(=O)CC(C)(C)S(=O)(=O)c3ccccc32)cc1. The molecule has 0 spiro atoms. The smallest absolute Gasteiger partial charge is 0.240 e. The molecule has 160 valence electrons. The van der Waals surface area contributed by atoms with Gasteiger partial charge in [0.2, 0.25) is 11.8 Å². The number of hydrogen-bond acceptors (Lipinski definition) is 5. The molecule has 1 aliphatic heterocycles. The number of carbonyl (C=O) groups is 2. The van der Waals surface area contributed by atoms with Gasteiger partial charge in [-0.05, 0) is 56.4 Å². The van der Waals surface area contributed by atoms with Crippen molar-refractivity contribution in [1.82, 2.24) is 5.32 Å². The highest BCUT2D eigenvalue weighted by Crippen LogP contribution is 2.38. The van der Waals surface area contributed by atoms with Gasteiger partial charge in [-0.3, -0.25) is 9.59 Å². The zero-order chi connectivity index (χ0) is 21.9. The van der Waals surface area contributed by atoms with Gasteiger partial charge in [-0.25, -0.2) is 8.42 Å². The van der Waals surface area contributed by atoms with Crippen molar-refractivity contribution in [2.45, 2.75) is 41.2 Å². The number of rotatable bonds is 6. The Bertz CT molecular complexity index is 1050. The van der Waals surface area contributed by atoms with E-state index in [0.717, 1.165) is 5.56 Å². The maximum atomic E-state index is 13.0. The number of sulfone groups is 1. The van der Waals surface area contributed by atoms with Gasteiger partial charge in [-0.2, -0.15) is 0 Å². The van der Waals surface area contributed by atoms with Crippen LogP contribution in [0.4, 0.5) is 5.69 Å². The van der Waals surface area contributed by atoms with Gasteiger partial charge in [-0.15, -0.1) is 11.8 Å². The second-order valence-corrected chi connectivity index (χ2v) is 11.3. The van der Waals surface area contributed by atoms with E-state index >= 15 is 0 Å². The summed E-state index contributed by atoms with van der Waals surface area (Å²) in [6.45, 7) is 3.31. The van der Waals surface area contributed by atoms with E-state index in [0.29, 0.717) is 13.0 Å². The van der Waals surface area contributed by atoms with Crippen LogP contribution in [0.3, 0.4) is 0 Å². The third-order valence-corrected chi connectivity index (χ3v) is 8.51. The Morgan fingerprint density at radius 2 is 1.80 bits per heavy atom. The molecule has 1 heterocycles. The van der Waals surface area contributed by atoms with Crippen LogP contribution < -0.4 is 10.2 Å². The standard InChI is InChI=1S/C22H26N2O4S2/c1-22(2)14-21(26)24(18-6-4-5-7-19(18)30(22,27)28)15-20(25)23-13-12-16-8-10-17(29-3)11-9-16/h4-11H,12-15H2,1-3H3,(H,23,25). The Labute approximate surface area is 182 Å². The number of carbonyl (C=O) groups excluding carboxylic acids is 2. The first-order valence-corrected chi connectivity index (χ1v) is 12.4. The van der Waals surface area contributed by atoms with E-state index in [1.165, 1.54) is 15.9 Å². The summed E-state index contributed by atoms with van der Waals surface area (Å²) in [4.78, 5) is 27.9. The van der Waals surface area contributed by atoms with E-state index in [4.69, 9.17) is 0 Å². The number of fused-ring (bicyclic) bond motifs is 1. The van der Waals surface area contributed by atoms with Crippen LogP contribution in [0, 0.1) is 0 Å². The van der Waals surface area contributed by atoms with Crippen molar-refractivity contribution in [1.29, 1.82) is 0 Å². The molecule has 6 nitrogen and oxygen atoms in total. The maximum Gasteiger partial charge on any atom is 0.240 e. The highest BCUT2D eigenvalue weighted by molar-refractivity contribution is 7.98. The largest absolute Gasteiger partial charge is 0.354 e. The van der Waals surface area contributed by atoms with Gasteiger partial charge in [-0.1, -0.05) is 24.3 Å². The molecule has 0 fully saturated rings. The van der Waals surface area contributed by atoms with Gasteiger partial charge in [0.05, 0.1) is 15.3 Å². The third kappa shape index (κ3) is 4.54. The van der Waals surface area contributed by atoms with Crippen molar-refractivity contribution >= 4 is 39.1 Å². The predicted molar refractivity (Wildman–Crippen MR) is 120 cm³/mol. The minimum absolute atomic E-state index is 0.0857. The maximum absolute atomic E-state index is 13.0.